The monoisotopic (exact) mass is 202 g/mol. The third kappa shape index (κ3) is 6.62. The van der Waals surface area contributed by atoms with E-state index in [1.54, 1.807) is 6.08 Å². The van der Waals surface area contributed by atoms with Crippen molar-refractivity contribution in [3.8, 4) is 0 Å². The van der Waals surface area contributed by atoms with Crippen LogP contribution >= 0.6 is 0 Å². The standard InChI is InChI=1S/C10H18O4/c1-5-6-8(9(11)12)7-13-14-10(2,3)4/h6H,5,7H2,1-4H3,(H,11,12). The van der Waals surface area contributed by atoms with E-state index in [4.69, 9.17) is 14.9 Å². The van der Waals surface area contributed by atoms with E-state index in [0.717, 1.165) is 0 Å². The van der Waals surface area contributed by atoms with E-state index >= 15 is 0 Å². The van der Waals surface area contributed by atoms with Crippen molar-refractivity contribution in [3.63, 3.8) is 0 Å². The molecule has 1 N–H and O–H groups in total. The predicted octanol–water partition coefficient (Wildman–Crippen LogP) is 2.15. The van der Waals surface area contributed by atoms with Crippen molar-refractivity contribution in [2.75, 3.05) is 6.61 Å². The van der Waals surface area contributed by atoms with Crippen LogP contribution in [0.25, 0.3) is 0 Å². The van der Waals surface area contributed by atoms with Gasteiger partial charge in [-0.05, 0) is 27.2 Å². The first-order valence-electron chi connectivity index (χ1n) is 4.59. The summed E-state index contributed by atoms with van der Waals surface area (Å²) in [5.74, 6) is -0.968. The predicted molar refractivity (Wildman–Crippen MR) is 52.8 cm³/mol. The van der Waals surface area contributed by atoms with Gasteiger partial charge in [0.25, 0.3) is 0 Å². The molecule has 0 aromatic heterocycles. The molecule has 0 aliphatic carbocycles. The van der Waals surface area contributed by atoms with Crippen LogP contribution in [0.4, 0.5) is 0 Å². The van der Waals surface area contributed by atoms with Gasteiger partial charge in [-0.1, -0.05) is 13.0 Å². The molecule has 4 heteroatoms. The van der Waals surface area contributed by atoms with Crippen LogP contribution in [0.15, 0.2) is 11.6 Å². The SMILES string of the molecule is CCC=C(COOC(C)(C)C)C(=O)O. The van der Waals surface area contributed by atoms with Crippen LogP contribution in [-0.2, 0) is 14.6 Å². The first-order valence-corrected chi connectivity index (χ1v) is 4.59. The van der Waals surface area contributed by atoms with Gasteiger partial charge in [-0.2, -0.15) is 0 Å². The largest absolute Gasteiger partial charge is 0.478 e. The summed E-state index contributed by atoms with van der Waals surface area (Å²) in [5, 5.41) is 8.73. The quantitative estimate of drug-likeness (QED) is 0.421. The molecule has 82 valence electrons. The number of allylic oxidation sites excluding steroid dienone is 1. The number of hydrogen-bond acceptors (Lipinski definition) is 3. The zero-order valence-electron chi connectivity index (χ0n) is 9.16. The molecule has 4 nitrogen and oxygen atoms in total. The van der Waals surface area contributed by atoms with Crippen molar-refractivity contribution in [2.24, 2.45) is 0 Å². The highest BCUT2D eigenvalue weighted by Crippen LogP contribution is 2.08. The second kappa shape index (κ2) is 5.78. The molecule has 0 rings (SSSR count). The van der Waals surface area contributed by atoms with Crippen LogP contribution in [0, 0.1) is 0 Å². The Morgan fingerprint density at radius 1 is 1.43 bits per heavy atom. The van der Waals surface area contributed by atoms with Gasteiger partial charge in [0, 0.05) is 0 Å². The fraction of sp³-hybridized carbons (Fsp3) is 0.700. The molecule has 0 aliphatic heterocycles. The Morgan fingerprint density at radius 2 is 2.00 bits per heavy atom. The highest BCUT2D eigenvalue weighted by atomic mass is 17.2. The lowest BCUT2D eigenvalue weighted by Gasteiger charge is -2.17. The molecule has 0 radical (unpaired) electrons. The van der Waals surface area contributed by atoms with E-state index in [0.29, 0.717) is 6.42 Å². The molecule has 0 spiro atoms. The lowest BCUT2D eigenvalue weighted by atomic mass is 10.2. The highest BCUT2D eigenvalue weighted by molar-refractivity contribution is 5.86. The zero-order chi connectivity index (χ0) is 11.2. The Hall–Kier alpha value is -0.870. The first kappa shape index (κ1) is 13.1. The fourth-order valence-corrected chi connectivity index (χ4v) is 0.724. The normalized spacial score (nSPS) is 13.0. The van der Waals surface area contributed by atoms with Crippen LogP contribution in [0.3, 0.4) is 0 Å². The summed E-state index contributed by atoms with van der Waals surface area (Å²) in [6.07, 6.45) is 2.27. The fourth-order valence-electron chi connectivity index (χ4n) is 0.724. The number of carboxylic acid groups (broad SMARTS) is 1. The summed E-state index contributed by atoms with van der Waals surface area (Å²) in [4.78, 5) is 20.4. The van der Waals surface area contributed by atoms with Gasteiger partial charge in [-0.15, -0.1) is 0 Å². The van der Waals surface area contributed by atoms with E-state index in [1.807, 2.05) is 27.7 Å². The van der Waals surface area contributed by atoms with E-state index in [-0.39, 0.29) is 12.2 Å². The van der Waals surface area contributed by atoms with E-state index in [2.05, 4.69) is 0 Å². The molecule has 0 saturated heterocycles. The minimum absolute atomic E-state index is 0.0273. The zero-order valence-corrected chi connectivity index (χ0v) is 9.16. The molecule has 0 fully saturated rings. The van der Waals surface area contributed by atoms with Gasteiger partial charge >= 0.3 is 5.97 Å². The molecular weight excluding hydrogens is 184 g/mol. The third-order valence-electron chi connectivity index (χ3n) is 1.25. The first-order chi connectivity index (χ1) is 6.37. The second-order valence-corrected chi connectivity index (χ2v) is 3.90. The van der Waals surface area contributed by atoms with Gasteiger partial charge < -0.3 is 5.11 Å². The molecule has 0 saturated carbocycles. The molecule has 0 aromatic carbocycles. The van der Waals surface area contributed by atoms with Gasteiger partial charge in [-0.3, -0.25) is 0 Å². The lowest BCUT2D eigenvalue weighted by molar-refractivity contribution is -0.343. The maximum Gasteiger partial charge on any atom is 0.333 e. The van der Waals surface area contributed by atoms with E-state index in [1.165, 1.54) is 0 Å². The number of hydrogen-bond donors (Lipinski definition) is 1. The van der Waals surface area contributed by atoms with Crippen LogP contribution in [0.5, 0.6) is 0 Å². The maximum atomic E-state index is 10.6. The Labute approximate surface area is 84.4 Å². The van der Waals surface area contributed by atoms with Gasteiger partial charge in [0.1, 0.15) is 6.61 Å². The molecule has 0 unspecified atom stereocenters. The molecule has 0 bridgehead atoms. The summed E-state index contributed by atoms with van der Waals surface area (Å²) in [7, 11) is 0. The summed E-state index contributed by atoms with van der Waals surface area (Å²) >= 11 is 0. The minimum Gasteiger partial charge on any atom is -0.478 e. The summed E-state index contributed by atoms with van der Waals surface area (Å²) in [6, 6.07) is 0. The Bertz CT molecular complexity index is 213. The van der Waals surface area contributed by atoms with Crippen molar-refractivity contribution in [1.82, 2.24) is 0 Å². The van der Waals surface area contributed by atoms with Gasteiger partial charge in [0.2, 0.25) is 0 Å². The number of rotatable bonds is 5. The van der Waals surface area contributed by atoms with Crippen LogP contribution in [0.2, 0.25) is 0 Å². The molecule has 0 atom stereocenters. The summed E-state index contributed by atoms with van der Waals surface area (Å²) in [5.41, 5.74) is -0.202. The smallest absolute Gasteiger partial charge is 0.333 e. The van der Waals surface area contributed by atoms with Crippen molar-refractivity contribution >= 4 is 5.97 Å². The van der Waals surface area contributed by atoms with Crippen LogP contribution < -0.4 is 0 Å². The van der Waals surface area contributed by atoms with Crippen molar-refractivity contribution in [2.45, 2.75) is 39.7 Å². The number of aliphatic carboxylic acids is 1. The van der Waals surface area contributed by atoms with Crippen molar-refractivity contribution < 1.29 is 19.7 Å². The molecular formula is C10H18O4. The number of carboxylic acids is 1. The molecule has 0 heterocycles. The minimum atomic E-state index is -0.968. The molecule has 0 aromatic rings. The van der Waals surface area contributed by atoms with Crippen molar-refractivity contribution in [1.29, 1.82) is 0 Å². The number of carbonyl (C=O) groups is 1. The van der Waals surface area contributed by atoms with Gasteiger partial charge in [-0.25, -0.2) is 14.6 Å². The summed E-state index contributed by atoms with van der Waals surface area (Å²) < 4.78 is 0. The third-order valence-corrected chi connectivity index (χ3v) is 1.25. The Morgan fingerprint density at radius 3 is 2.36 bits per heavy atom. The second-order valence-electron chi connectivity index (χ2n) is 3.90. The van der Waals surface area contributed by atoms with Gasteiger partial charge in [0.15, 0.2) is 0 Å². The summed E-state index contributed by atoms with van der Waals surface area (Å²) in [6.45, 7) is 7.33. The average molecular weight is 202 g/mol. The Balaban J connectivity index is 3.97. The van der Waals surface area contributed by atoms with E-state index < -0.39 is 11.6 Å². The molecule has 14 heavy (non-hydrogen) atoms. The van der Waals surface area contributed by atoms with Crippen molar-refractivity contribution in [3.05, 3.63) is 11.6 Å². The Kier molecular flexibility index (Phi) is 5.42. The van der Waals surface area contributed by atoms with Crippen LogP contribution in [0.1, 0.15) is 34.1 Å². The van der Waals surface area contributed by atoms with E-state index in [9.17, 15) is 4.79 Å². The molecule has 0 aliphatic rings. The lowest BCUT2D eigenvalue weighted by Crippen LogP contribution is -2.21. The van der Waals surface area contributed by atoms with Crippen LogP contribution in [-0.4, -0.2) is 23.3 Å². The van der Waals surface area contributed by atoms with Gasteiger partial charge in [0.05, 0.1) is 11.2 Å². The average Bonchev–Trinajstić information content (AvgIpc) is 2.00. The highest BCUT2D eigenvalue weighted by Gasteiger charge is 2.13. The topological polar surface area (TPSA) is 55.8 Å². The maximum absolute atomic E-state index is 10.6. The molecule has 0 amide bonds.